The Bertz CT molecular complexity index is 698. The van der Waals surface area contributed by atoms with Crippen molar-refractivity contribution in [3.05, 3.63) is 37.7 Å². The summed E-state index contributed by atoms with van der Waals surface area (Å²) < 4.78 is 6.05. The van der Waals surface area contributed by atoms with E-state index in [1.807, 2.05) is 6.92 Å². The van der Waals surface area contributed by atoms with Crippen molar-refractivity contribution in [1.82, 2.24) is 24.3 Å². The molecular weight excluding hydrogens is 310 g/mol. The normalized spacial score (nSPS) is 15.1. The van der Waals surface area contributed by atoms with Crippen molar-refractivity contribution in [2.24, 2.45) is 0 Å². The van der Waals surface area contributed by atoms with Crippen LogP contribution >= 0.6 is 23.1 Å². The Labute approximate surface area is 131 Å². The van der Waals surface area contributed by atoms with Crippen molar-refractivity contribution in [2.45, 2.75) is 39.4 Å². The fourth-order valence-electron chi connectivity index (χ4n) is 2.51. The van der Waals surface area contributed by atoms with Crippen LogP contribution < -0.4 is 5.56 Å². The molecular formula is C13H16ClN5OS. The predicted molar refractivity (Wildman–Crippen MR) is 81.5 cm³/mol. The molecule has 0 amide bonds. The molecule has 0 spiro atoms. The molecule has 0 saturated carbocycles. The largest absolute Gasteiger partial charge is 0.293 e. The maximum Gasteiger partial charge on any atom is 0.267 e. The first-order chi connectivity index (χ1) is 10.2. The van der Waals surface area contributed by atoms with Crippen LogP contribution in [0.2, 0.25) is 4.34 Å². The van der Waals surface area contributed by atoms with E-state index in [0.717, 1.165) is 36.3 Å². The van der Waals surface area contributed by atoms with Gasteiger partial charge in [0.1, 0.15) is 10.0 Å². The molecule has 1 aliphatic rings. The zero-order valence-corrected chi connectivity index (χ0v) is 13.3. The first-order valence-corrected chi connectivity index (χ1v) is 8.11. The van der Waals surface area contributed by atoms with E-state index in [1.54, 1.807) is 10.7 Å². The van der Waals surface area contributed by atoms with Crippen LogP contribution in [0, 0.1) is 0 Å². The zero-order valence-electron chi connectivity index (χ0n) is 11.8. The number of hydrogen-bond acceptors (Lipinski definition) is 6. The summed E-state index contributed by atoms with van der Waals surface area (Å²) in [6, 6.07) is 1.71. The quantitative estimate of drug-likeness (QED) is 0.856. The first-order valence-electron chi connectivity index (χ1n) is 6.96. The van der Waals surface area contributed by atoms with Crippen LogP contribution in [-0.2, 0) is 26.1 Å². The second-order valence-corrected chi connectivity index (χ2v) is 6.49. The van der Waals surface area contributed by atoms with Gasteiger partial charge in [-0.3, -0.25) is 9.69 Å². The molecule has 1 aliphatic heterocycles. The average molecular weight is 326 g/mol. The Hall–Kier alpha value is -1.31. The van der Waals surface area contributed by atoms with Crippen molar-refractivity contribution >= 4 is 23.1 Å². The van der Waals surface area contributed by atoms with Gasteiger partial charge in [0.25, 0.3) is 5.56 Å². The molecule has 2 aromatic heterocycles. The summed E-state index contributed by atoms with van der Waals surface area (Å²) in [7, 11) is 0. The van der Waals surface area contributed by atoms with Gasteiger partial charge in [-0.1, -0.05) is 23.0 Å². The SMILES string of the molecule is CCCn1nc2c(cc1=O)CN(Cc1nnsc1Cl)CC2. The third-order valence-electron chi connectivity index (χ3n) is 3.54. The van der Waals surface area contributed by atoms with E-state index in [0.29, 0.717) is 24.0 Å². The molecule has 112 valence electrons. The predicted octanol–water partition coefficient (Wildman–Crippen LogP) is 1.72. The standard InChI is InChI=1S/C13H16ClN5OS/c1-2-4-19-12(20)6-9-7-18(5-3-10(9)16-19)8-11-13(14)21-17-15-11/h6H,2-5,7-8H2,1H3. The van der Waals surface area contributed by atoms with Gasteiger partial charge in [0.05, 0.1) is 5.69 Å². The minimum atomic E-state index is -0.0224. The second kappa shape index (κ2) is 6.21. The molecule has 0 N–H and O–H groups in total. The van der Waals surface area contributed by atoms with E-state index in [-0.39, 0.29) is 5.56 Å². The molecule has 3 heterocycles. The lowest BCUT2D eigenvalue weighted by molar-refractivity contribution is 0.238. The lowest BCUT2D eigenvalue weighted by Gasteiger charge is -2.27. The Morgan fingerprint density at radius 2 is 2.33 bits per heavy atom. The molecule has 21 heavy (non-hydrogen) atoms. The number of aryl methyl sites for hydroxylation is 1. The van der Waals surface area contributed by atoms with Gasteiger partial charge in [0.15, 0.2) is 0 Å². The van der Waals surface area contributed by atoms with Gasteiger partial charge in [-0.2, -0.15) is 5.10 Å². The minimum absolute atomic E-state index is 0.0224. The smallest absolute Gasteiger partial charge is 0.267 e. The Morgan fingerprint density at radius 1 is 1.48 bits per heavy atom. The molecule has 0 radical (unpaired) electrons. The topological polar surface area (TPSA) is 63.9 Å². The van der Waals surface area contributed by atoms with Crippen molar-refractivity contribution in [3.63, 3.8) is 0 Å². The highest BCUT2D eigenvalue weighted by atomic mass is 35.5. The van der Waals surface area contributed by atoms with E-state index in [4.69, 9.17) is 11.6 Å². The number of hydrogen-bond donors (Lipinski definition) is 0. The maximum absolute atomic E-state index is 12.0. The summed E-state index contributed by atoms with van der Waals surface area (Å²) in [4.78, 5) is 14.2. The van der Waals surface area contributed by atoms with Crippen molar-refractivity contribution in [3.8, 4) is 0 Å². The summed E-state index contributed by atoms with van der Waals surface area (Å²) in [6.07, 6.45) is 1.75. The molecule has 0 unspecified atom stereocenters. The molecule has 0 aliphatic carbocycles. The van der Waals surface area contributed by atoms with Gasteiger partial charge in [0.2, 0.25) is 0 Å². The molecule has 0 atom stereocenters. The minimum Gasteiger partial charge on any atom is -0.293 e. The molecule has 0 fully saturated rings. The third-order valence-corrected chi connectivity index (χ3v) is 4.53. The van der Waals surface area contributed by atoms with E-state index >= 15 is 0 Å². The van der Waals surface area contributed by atoms with Crippen molar-refractivity contribution in [2.75, 3.05) is 6.54 Å². The number of nitrogens with zero attached hydrogens (tertiary/aromatic N) is 5. The summed E-state index contributed by atoms with van der Waals surface area (Å²) in [5, 5.41) is 8.51. The molecule has 8 heteroatoms. The molecule has 0 saturated heterocycles. The van der Waals surface area contributed by atoms with Crippen LogP contribution in [0.25, 0.3) is 0 Å². The lowest BCUT2D eigenvalue weighted by Crippen LogP contribution is -2.34. The average Bonchev–Trinajstić information content (AvgIpc) is 2.86. The van der Waals surface area contributed by atoms with Gasteiger partial charge in [-0.25, -0.2) is 4.68 Å². The summed E-state index contributed by atoms with van der Waals surface area (Å²) in [6.45, 7) is 4.97. The first kappa shape index (κ1) is 14.6. The summed E-state index contributed by atoms with van der Waals surface area (Å²) in [5.41, 5.74) is 2.82. The lowest BCUT2D eigenvalue weighted by atomic mass is 10.1. The van der Waals surface area contributed by atoms with Crippen LogP contribution in [0.4, 0.5) is 0 Å². The number of rotatable bonds is 4. The van der Waals surface area contributed by atoms with Crippen LogP contribution in [0.15, 0.2) is 10.9 Å². The maximum atomic E-state index is 12.0. The fraction of sp³-hybridized carbons (Fsp3) is 0.538. The van der Waals surface area contributed by atoms with Crippen molar-refractivity contribution in [1.29, 1.82) is 0 Å². The fourth-order valence-corrected chi connectivity index (χ4v) is 3.12. The summed E-state index contributed by atoms with van der Waals surface area (Å²) >= 11 is 7.24. The highest BCUT2D eigenvalue weighted by Gasteiger charge is 2.20. The van der Waals surface area contributed by atoms with Gasteiger partial charge in [-0.05, 0) is 12.0 Å². The van der Waals surface area contributed by atoms with E-state index in [2.05, 4.69) is 19.6 Å². The van der Waals surface area contributed by atoms with E-state index in [9.17, 15) is 4.79 Å². The van der Waals surface area contributed by atoms with Crippen molar-refractivity contribution < 1.29 is 0 Å². The second-order valence-electron chi connectivity index (χ2n) is 5.13. The Balaban J connectivity index is 1.78. The molecule has 6 nitrogen and oxygen atoms in total. The van der Waals surface area contributed by atoms with Crippen LogP contribution in [0.5, 0.6) is 0 Å². The number of fused-ring (bicyclic) bond motifs is 1. The van der Waals surface area contributed by atoms with Gasteiger partial charge in [-0.15, -0.1) is 5.10 Å². The molecule has 0 bridgehead atoms. The number of aromatic nitrogens is 4. The van der Waals surface area contributed by atoms with Crippen LogP contribution in [0.1, 0.15) is 30.3 Å². The van der Waals surface area contributed by atoms with Crippen LogP contribution in [0.3, 0.4) is 0 Å². The van der Waals surface area contributed by atoms with Crippen LogP contribution in [-0.4, -0.2) is 30.8 Å². The van der Waals surface area contributed by atoms with E-state index in [1.165, 1.54) is 11.5 Å². The summed E-state index contributed by atoms with van der Waals surface area (Å²) in [5.74, 6) is 0. The molecule has 3 rings (SSSR count). The molecule has 0 aromatic carbocycles. The van der Waals surface area contributed by atoms with Gasteiger partial charge >= 0.3 is 0 Å². The zero-order chi connectivity index (χ0) is 14.8. The van der Waals surface area contributed by atoms with E-state index < -0.39 is 0 Å². The highest BCUT2D eigenvalue weighted by Crippen LogP contribution is 2.22. The van der Waals surface area contributed by atoms with Gasteiger partial charge in [0, 0.05) is 50.2 Å². The monoisotopic (exact) mass is 325 g/mol. The number of halogens is 1. The van der Waals surface area contributed by atoms with Gasteiger partial charge < -0.3 is 0 Å². The molecule has 2 aromatic rings. The highest BCUT2D eigenvalue weighted by molar-refractivity contribution is 7.10. The Kier molecular flexibility index (Phi) is 4.32. The third kappa shape index (κ3) is 3.14. The Morgan fingerprint density at radius 3 is 3.05 bits per heavy atom.